The van der Waals surface area contributed by atoms with Crippen molar-refractivity contribution in [3.05, 3.63) is 88.5 Å². The molecule has 3 aromatic carbocycles. The number of fused-ring (bicyclic) bond motifs is 1. The van der Waals surface area contributed by atoms with E-state index >= 15 is 0 Å². The fraction of sp³-hybridized carbons (Fsp3) is 0.185. The number of ether oxygens (including phenoxy) is 3. The van der Waals surface area contributed by atoms with Crippen LogP contribution in [-0.4, -0.2) is 38.3 Å². The van der Waals surface area contributed by atoms with E-state index < -0.39 is 17.2 Å². The molecule has 1 heterocycles. The Morgan fingerprint density at radius 2 is 1.54 bits per heavy atom. The predicted octanol–water partition coefficient (Wildman–Crippen LogP) is 4.82. The Morgan fingerprint density at radius 1 is 0.914 bits per heavy atom. The van der Waals surface area contributed by atoms with Crippen LogP contribution in [0, 0.1) is 5.82 Å². The van der Waals surface area contributed by atoms with Crippen LogP contribution >= 0.6 is 0 Å². The lowest BCUT2D eigenvalue weighted by Gasteiger charge is -2.22. The molecule has 0 aliphatic heterocycles. The molecule has 0 N–H and O–H groups in total. The van der Waals surface area contributed by atoms with Crippen molar-refractivity contribution in [2.45, 2.75) is 6.92 Å². The van der Waals surface area contributed by atoms with Crippen molar-refractivity contribution < 1.29 is 23.4 Å². The normalized spacial score (nSPS) is 10.8. The Balaban J connectivity index is 1.98. The summed E-state index contributed by atoms with van der Waals surface area (Å²) in [5.41, 5.74) is 1.26. The number of hydrogen-bond donors (Lipinski definition) is 0. The Morgan fingerprint density at radius 3 is 2.11 bits per heavy atom. The van der Waals surface area contributed by atoms with Gasteiger partial charge < -0.3 is 23.7 Å². The van der Waals surface area contributed by atoms with Crippen molar-refractivity contribution in [1.29, 1.82) is 0 Å². The number of aromatic nitrogens is 1. The molecule has 7 nitrogen and oxygen atoms in total. The second-order valence-electron chi connectivity index (χ2n) is 7.69. The van der Waals surface area contributed by atoms with Gasteiger partial charge in [-0.3, -0.25) is 9.59 Å². The van der Waals surface area contributed by atoms with Gasteiger partial charge in [0, 0.05) is 30.2 Å². The highest BCUT2D eigenvalue weighted by molar-refractivity contribution is 6.07. The highest BCUT2D eigenvalue weighted by Gasteiger charge is 2.23. The van der Waals surface area contributed by atoms with E-state index in [9.17, 15) is 14.0 Å². The molecule has 0 aliphatic rings. The van der Waals surface area contributed by atoms with Crippen molar-refractivity contribution >= 4 is 22.5 Å². The average Bonchev–Trinajstić information content (AvgIpc) is 2.89. The van der Waals surface area contributed by atoms with Gasteiger partial charge in [-0.25, -0.2) is 4.39 Å². The number of pyridine rings is 1. The summed E-state index contributed by atoms with van der Waals surface area (Å²) in [4.78, 5) is 28.7. The van der Waals surface area contributed by atoms with Crippen molar-refractivity contribution in [2.75, 3.05) is 32.8 Å². The molecule has 0 saturated heterocycles. The van der Waals surface area contributed by atoms with Gasteiger partial charge in [-0.1, -0.05) is 0 Å². The summed E-state index contributed by atoms with van der Waals surface area (Å²) in [6.45, 7) is 2.08. The molecule has 0 atom stereocenters. The molecule has 0 fully saturated rings. The third-order valence-electron chi connectivity index (χ3n) is 5.79. The van der Waals surface area contributed by atoms with E-state index in [1.165, 1.54) is 49.6 Å². The average molecular weight is 477 g/mol. The number of carbonyl (C=O) groups excluding carboxylic acids is 1. The second kappa shape index (κ2) is 9.89. The molecule has 4 aromatic rings. The quantitative estimate of drug-likeness (QED) is 0.382. The lowest BCUT2D eigenvalue weighted by molar-refractivity contribution is 0.0987. The molecule has 1 amide bonds. The topological polar surface area (TPSA) is 70.0 Å². The zero-order valence-electron chi connectivity index (χ0n) is 19.9. The van der Waals surface area contributed by atoms with E-state index in [1.807, 2.05) is 12.1 Å². The third-order valence-corrected chi connectivity index (χ3v) is 5.79. The summed E-state index contributed by atoms with van der Waals surface area (Å²) in [7, 11) is 4.57. The van der Waals surface area contributed by atoms with Gasteiger partial charge in [0.15, 0.2) is 11.5 Å². The van der Waals surface area contributed by atoms with Gasteiger partial charge in [-0.05, 0) is 61.5 Å². The van der Waals surface area contributed by atoms with Crippen LogP contribution in [0.2, 0.25) is 0 Å². The number of rotatable bonds is 7. The number of benzene rings is 3. The van der Waals surface area contributed by atoms with E-state index in [0.29, 0.717) is 39.5 Å². The first-order valence-electron chi connectivity index (χ1n) is 10.9. The minimum Gasteiger partial charge on any atom is -0.497 e. The number of amides is 1. The number of methoxy groups -OCH3 is 3. The lowest BCUT2D eigenvalue weighted by Crippen LogP contribution is -2.34. The number of nitrogens with zero attached hydrogens (tertiary/aromatic N) is 2. The van der Waals surface area contributed by atoms with E-state index in [0.717, 1.165) is 0 Å². The van der Waals surface area contributed by atoms with Crippen LogP contribution in [0.1, 0.15) is 17.3 Å². The molecule has 0 aliphatic carbocycles. The highest BCUT2D eigenvalue weighted by Crippen LogP contribution is 2.32. The Kier molecular flexibility index (Phi) is 6.73. The summed E-state index contributed by atoms with van der Waals surface area (Å²) in [6.07, 6.45) is 1.52. The molecule has 0 saturated carbocycles. The maximum Gasteiger partial charge on any atom is 0.263 e. The van der Waals surface area contributed by atoms with E-state index in [1.54, 1.807) is 42.9 Å². The summed E-state index contributed by atoms with van der Waals surface area (Å²) < 4.78 is 31.3. The fourth-order valence-corrected chi connectivity index (χ4v) is 3.97. The van der Waals surface area contributed by atoms with Gasteiger partial charge in [-0.15, -0.1) is 0 Å². The van der Waals surface area contributed by atoms with Crippen LogP contribution in [0.15, 0.2) is 71.7 Å². The molecule has 0 radical (unpaired) electrons. The summed E-state index contributed by atoms with van der Waals surface area (Å²) in [6, 6.07) is 16.1. The molecule has 4 rings (SSSR count). The van der Waals surface area contributed by atoms with Crippen molar-refractivity contribution in [3.8, 4) is 22.9 Å². The molecule has 1 aromatic heterocycles. The Bertz CT molecular complexity index is 1430. The van der Waals surface area contributed by atoms with Crippen LogP contribution in [-0.2, 0) is 0 Å². The van der Waals surface area contributed by atoms with Crippen LogP contribution < -0.4 is 24.5 Å². The van der Waals surface area contributed by atoms with Crippen LogP contribution in [0.4, 0.5) is 10.1 Å². The number of anilines is 1. The molecular formula is C27H25FN2O5. The molecular weight excluding hydrogens is 451 g/mol. The summed E-state index contributed by atoms with van der Waals surface area (Å²) >= 11 is 0. The first-order valence-corrected chi connectivity index (χ1v) is 10.9. The highest BCUT2D eigenvalue weighted by atomic mass is 19.1. The molecule has 0 unspecified atom stereocenters. The summed E-state index contributed by atoms with van der Waals surface area (Å²) in [5.74, 6) is 0.577. The van der Waals surface area contributed by atoms with Crippen LogP contribution in [0.25, 0.3) is 16.6 Å². The lowest BCUT2D eigenvalue weighted by atomic mass is 10.1. The van der Waals surface area contributed by atoms with Crippen LogP contribution in [0.3, 0.4) is 0 Å². The van der Waals surface area contributed by atoms with Gasteiger partial charge >= 0.3 is 0 Å². The van der Waals surface area contributed by atoms with Gasteiger partial charge in [0.25, 0.3) is 5.91 Å². The van der Waals surface area contributed by atoms with E-state index in [4.69, 9.17) is 14.2 Å². The molecule has 35 heavy (non-hydrogen) atoms. The van der Waals surface area contributed by atoms with Crippen molar-refractivity contribution in [2.24, 2.45) is 0 Å². The van der Waals surface area contributed by atoms with Crippen molar-refractivity contribution in [3.63, 3.8) is 0 Å². The minimum atomic E-state index is -0.497. The number of halogens is 1. The number of hydrogen-bond acceptors (Lipinski definition) is 5. The maximum atomic E-state index is 13.6. The third kappa shape index (κ3) is 4.42. The first-order chi connectivity index (χ1) is 16.9. The van der Waals surface area contributed by atoms with Gasteiger partial charge in [0.2, 0.25) is 5.43 Å². The van der Waals surface area contributed by atoms with Gasteiger partial charge in [0.05, 0.1) is 32.2 Å². The minimum absolute atomic E-state index is 0.0355. The zero-order chi connectivity index (χ0) is 25.1. The second-order valence-corrected chi connectivity index (χ2v) is 7.69. The van der Waals surface area contributed by atoms with Gasteiger partial charge in [0.1, 0.15) is 17.1 Å². The Hall–Kier alpha value is -4.33. The predicted molar refractivity (Wildman–Crippen MR) is 133 cm³/mol. The smallest absolute Gasteiger partial charge is 0.263 e. The Labute approximate surface area is 201 Å². The monoisotopic (exact) mass is 476 g/mol. The molecule has 180 valence electrons. The zero-order valence-corrected chi connectivity index (χ0v) is 19.9. The van der Waals surface area contributed by atoms with Crippen molar-refractivity contribution in [1.82, 2.24) is 4.57 Å². The van der Waals surface area contributed by atoms with Gasteiger partial charge in [-0.2, -0.15) is 0 Å². The largest absolute Gasteiger partial charge is 0.497 e. The van der Waals surface area contributed by atoms with E-state index in [2.05, 4.69) is 0 Å². The fourth-order valence-electron chi connectivity index (χ4n) is 3.97. The maximum absolute atomic E-state index is 13.6. The molecule has 0 bridgehead atoms. The molecule has 8 heteroatoms. The SMILES string of the molecule is CCN(C(=O)c1cn(-c2ccc(OC)cc2)c2cc(OC)c(OC)cc2c1=O)c1ccc(F)cc1. The van der Waals surface area contributed by atoms with E-state index in [-0.39, 0.29) is 12.1 Å². The first kappa shape index (κ1) is 23.8. The number of carbonyl (C=O) groups is 1. The summed E-state index contributed by atoms with van der Waals surface area (Å²) in [5, 5.41) is 0.291. The molecule has 0 spiro atoms. The standard InChI is InChI=1S/C27H25FN2O5/c1-5-29(18-8-6-17(28)7-9-18)27(32)22-16-30(19-10-12-20(33-2)13-11-19)23-15-25(35-4)24(34-3)14-21(23)26(22)31/h6-16H,5H2,1-4H3. The van der Waals surface area contributed by atoms with Crippen LogP contribution in [0.5, 0.6) is 17.2 Å².